The predicted molar refractivity (Wildman–Crippen MR) is 70.4 cm³/mol. The Morgan fingerprint density at radius 3 is 2.70 bits per heavy atom. The summed E-state index contributed by atoms with van der Waals surface area (Å²) in [6.07, 6.45) is 1.44. The maximum absolute atomic E-state index is 12.3. The van der Waals surface area contributed by atoms with Crippen molar-refractivity contribution in [1.82, 2.24) is 4.90 Å². The van der Waals surface area contributed by atoms with Crippen molar-refractivity contribution in [2.45, 2.75) is 12.8 Å². The van der Waals surface area contributed by atoms with Crippen LogP contribution in [0.3, 0.4) is 0 Å². The molecule has 0 radical (unpaired) electrons. The number of hydrogen-bond acceptors (Lipinski definition) is 5. The molecule has 0 aliphatic carbocycles. The van der Waals surface area contributed by atoms with Gasteiger partial charge in [0.15, 0.2) is 11.5 Å². The van der Waals surface area contributed by atoms with Crippen LogP contribution in [0.1, 0.15) is 23.2 Å². The molecule has 6 heteroatoms. The highest BCUT2D eigenvalue weighted by Gasteiger charge is 2.29. The maximum atomic E-state index is 12.3. The molecule has 1 aromatic rings. The average Bonchev–Trinajstić information content (AvgIpc) is 2.48. The van der Waals surface area contributed by atoms with Crippen LogP contribution in [0, 0.1) is 5.92 Å². The zero-order chi connectivity index (χ0) is 14.7. The number of carbonyl (C=O) groups is 2. The van der Waals surface area contributed by atoms with Gasteiger partial charge in [-0.15, -0.1) is 0 Å². The fourth-order valence-corrected chi connectivity index (χ4v) is 2.36. The van der Waals surface area contributed by atoms with Crippen LogP contribution >= 0.6 is 0 Å². The number of phenolic OH excluding ortho intramolecular Hbond substituents is 2. The Hall–Kier alpha value is -2.24. The van der Waals surface area contributed by atoms with Gasteiger partial charge < -0.3 is 19.8 Å². The van der Waals surface area contributed by atoms with Crippen molar-refractivity contribution >= 4 is 11.9 Å². The van der Waals surface area contributed by atoms with Gasteiger partial charge in [0.1, 0.15) is 0 Å². The van der Waals surface area contributed by atoms with Crippen LogP contribution in [0.2, 0.25) is 0 Å². The topological polar surface area (TPSA) is 87.1 Å². The number of rotatable bonds is 2. The Morgan fingerprint density at radius 1 is 1.30 bits per heavy atom. The molecule has 1 unspecified atom stereocenters. The Bertz CT molecular complexity index is 528. The minimum absolute atomic E-state index is 0.270. The van der Waals surface area contributed by atoms with E-state index in [1.807, 2.05) is 0 Å². The number of nitrogens with zero attached hydrogens (tertiary/aromatic N) is 1. The van der Waals surface area contributed by atoms with E-state index in [9.17, 15) is 19.8 Å². The molecule has 108 valence electrons. The predicted octanol–water partition coefficient (Wildman–Crippen LogP) is 1.12. The lowest BCUT2D eigenvalue weighted by molar-refractivity contribution is -0.146. The molecular weight excluding hydrogens is 262 g/mol. The Kier molecular flexibility index (Phi) is 4.12. The fraction of sp³-hybridized carbons (Fsp3) is 0.429. The molecule has 6 nitrogen and oxygen atoms in total. The molecule has 1 heterocycles. The lowest BCUT2D eigenvalue weighted by Crippen LogP contribution is -2.42. The van der Waals surface area contributed by atoms with Crippen LogP contribution in [0.4, 0.5) is 0 Å². The Morgan fingerprint density at radius 2 is 2.05 bits per heavy atom. The second-order valence-electron chi connectivity index (χ2n) is 4.82. The van der Waals surface area contributed by atoms with Crippen LogP contribution < -0.4 is 0 Å². The number of aromatic hydroxyl groups is 2. The van der Waals surface area contributed by atoms with E-state index in [4.69, 9.17) is 4.74 Å². The van der Waals surface area contributed by atoms with Crippen LogP contribution in [-0.4, -0.2) is 47.2 Å². The number of hydrogen-bond donors (Lipinski definition) is 2. The van der Waals surface area contributed by atoms with E-state index >= 15 is 0 Å². The first-order valence-electron chi connectivity index (χ1n) is 6.42. The average molecular weight is 279 g/mol. The standard InChI is InChI=1S/C14H17NO5/c1-20-14(19)10-3-2-6-15(8-10)13(18)9-4-5-11(16)12(17)7-9/h4-5,7,10,16-17H,2-3,6,8H2,1H3. The van der Waals surface area contributed by atoms with Gasteiger partial charge in [0.25, 0.3) is 5.91 Å². The van der Waals surface area contributed by atoms with Gasteiger partial charge in [0, 0.05) is 18.7 Å². The van der Waals surface area contributed by atoms with Crippen molar-refractivity contribution in [2.75, 3.05) is 20.2 Å². The van der Waals surface area contributed by atoms with Gasteiger partial charge >= 0.3 is 5.97 Å². The number of phenols is 2. The van der Waals surface area contributed by atoms with E-state index in [0.717, 1.165) is 6.42 Å². The molecule has 1 saturated heterocycles. The van der Waals surface area contributed by atoms with E-state index in [1.165, 1.54) is 25.3 Å². The van der Waals surface area contributed by atoms with Gasteiger partial charge in [0.05, 0.1) is 13.0 Å². The van der Waals surface area contributed by atoms with Gasteiger partial charge in [-0.3, -0.25) is 9.59 Å². The third kappa shape index (κ3) is 2.84. The first-order chi connectivity index (χ1) is 9.52. The maximum Gasteiger partial charge on any atom is 0.310 e. The zero-order valence-corrected chi connectivity index (χ0v) is 11.2. The van der Waals surface area contributed by atoms with Crippen molar-refractivity contribution in [1.29, 1.82) is 0 Å². The fourth-order valence-electron chi connectivity index (χ4n) is 2.36. The van der Waals surface area contributed by atoms with Crippen molar-refractivity contribution in [3.05, 3.63) is 23.8 Å². The van der Waals surface area contributed by atoms with Crippen LogP contribution in [0.5, 0.6) is 11.5 Å². The van der Waals surface area contributed by atoms with Crippen molar-refractivity contribution in [3.8, 4) is 11.5 Å². The third-order valence-corrected chi connectivity index (χ3v) is 3.47. The molecule has 1 amide bonds. The summed E-state index contributed by atoms with van der Waals surface area (Å²) in [5.74, 6) is -1.49. The molecule has 0 spiro atoms. The molecule has 1 aliphatic rings. The number of piperidine rings is 1. The lowest BCUT2D eigenvalue weighted by Gasteiger charge is -2.31. The van der Waals surface area contributed by atoms with E-state index in [1.54, 1.807) is 4.90 Å². The molecule has 20 heavy (non-hydrogen) atoms. The highest BCUT2D eigenvalue weighted by molar-refractivity contribution is 5.95. The normalized spacial score (nSPS) is 18.6. The summed E-state index contributed by atoms with van der Waals surface area (Å²) in [6.45, 7) is 0.876. The van der Waals surface area contributed by atoms with E-state index in [2.05, 4.69) is 0 Å². The van der Waals surface area contributed by atoms with Gasteiger partial charge in [-0.25, -0.2) is 0 Å². The number of carbonyl (C=O) groups excluding carboxylic acids is 2. The van der Waals surface area contributed by atoms with Gasteiger partial charge in [0.2, 0.25) is 0 Å². The summed E-state index contributed by atoms with van der Waals surface area (Å²) in [7, 11) is 1.33. The molecule has 2 rings (SSSR count). The summed E-state index contributed by atoms with van der Waals surface area (Å²) in [6, 6.07) is 3.93. The second-order valence-corrected chi connectivity index (χ2v) is 4.82. The summed E-state index contributed by atoms with van der Waals surface area (Å²) in [5, 5.41) is 18.7. The van der Waals surface area contributed by atoms with Gasteiger partial charge in [-0.2, -0.15) is 0 Å². The van der Waals surface area contributed by atoms with Crippen LogP contribution in [-0.2, 0) is 9.53 Å². The van der Waals surface area contributed by atoms with Gasteiger partial charge in [-0.05, 0) is 31.0 Å². The summed E-state index contributed by atoms with van der Waals surface area (Å²) in [5.41, 5.74) is 0.283. The highest BCUT2D eigenvalue weighted by Crippen LogP contribution is 2.26. The zero-order valence-electron chi connectivity index (χ0n) is 11.2. The molecule has 1 fully saturated rings. The number of benzene rings is 1. The van der Waals surface area contributed by atoms with Crippen molar-refractivity contribution < 1.29 is 24.5 Å². The Balaban J connectivity index is 2.12. The number of likely N-dealkylation sites (tertiary alicyclic amines) is 1. The minimum Gasteiger partial charge on any atom is -0.504 e. The number of esters is 1. The molecule has 0 bridgehead atoms. The molecule has 1 atom stereocenters. The van der Waals surface area contributed by atoms with E-state index < -0.39 is 0 Å². The third-order valence-electron chi connectivity index (χ3n) is 3.47. The van der Waals surface area contributed by atoms with Gasteiger partial charge in [-0.1, -0.05) is 0 Å². The molecule has 1 aliphatic heterocycles. The van der Waals surface area contributed by atoms with Crippen LogP contribution in [0.25, 0.3) is 0 Å². The SMILES string of the molecule is COC(=O)C1CCCN(C(=O)c2ccc(O)c(O)c2)C1. The van der Waals surface area contributed by atoms with Crippen molar-refractivity contribution in [2.24, 2.45) is 5.92 Å². The number of methoxy groups -OCH3 is 1. The summed E-state index contributed by atoms with van der Waals surface area (Å²) >= 11 is 0. The number of amides is 1. The Labute approximate surface area is 116 Å². The number of ether oxygens (including phenoxy) is 1. The van der Waals surface area contributed by atoms with Crippen molar-refractivity contribution in [3.63, 3.8) is 0 Å². The molecule has 0 aromatic heterocycles. The summed E-state index contributed by atoms with van der Waals surface area (Å²) in [4.78, 5) is 25.4. The molecule has 1 aromatic carbocycles. The minimum atomic E-state index is -0.336. The first kappa shape index (κ1) is 14.2. The lowest BCUT2D eigenvalue weighted by atomic mass is 9.97. The monoisotopic (exact) mass is 279 g/mol. The smallest absolute Gasteiger partial charge is 0.310 e. The molecule has 2 N–H and O–H groups in total. The first-order valence-corrected chi connectivity index (χ1v) is 6.42. The summed E-state index contributed by atoms with van der Waals surface area (Å²) < 4.78 is 4.71. The van der Waals surface area contributed by atoms with Crippen LogP contribution in [0.15, 0.2) is 18.2 Å². The molecular formula is C14H17NO5. The van der Waals surface area contributed by atoms with E-state index in [0.29, 0.717) is 19.5 Å². The molecule has 0 saturated carbocycles. The van der Waals surface area contributed by atoms with E-state index in [-0.39, 0.29) is 34.9 Å². The second kappa shape index (κ2) is 5.81. The largest absolute Gasteiger partial charge is 0.504 e. The quantitative estimate of drug-likeness (QED) is 0.626. The highest BCUT2D eigenvalue weighted by atomic mass is 16.5.